The lowest BCUT2D eigenvalue weighted by Crippen LogP contribution is -2.24. The fourth-order valence-corrected chi connectivity index (χ4v) is 3.06. The monoisotopic (exact) mass is 412 g/mol. The number of benzene rings is 2. The van der Waals surface area contributed by atoms with Gasteiger partial charge in [0.1, 0.15) is 5.82 Å². The number of rotatable bonds is 8. The van der Waals surface area contributed by atoms with Crippen LogP contribution in [0.3, 0.4) is 0 Å². The SMILES string of the molecule is O=C(COC(=O)CCC(=O)c1ccc(F)cc1)Nc1ccc(N2CCCC2=O)cc1. The van der Waals surface area contributed by atoms with E-state index in [4.69, 9.17) is 4.74 Å². The molecule has 0 unspecified atom stereocenters. The maximum atomic E-state index is 12.9. The molecule has 1 N–H and O–H groups in total. The topological polar surface area (TPSA) is 92.8 Å². The van der Waals surface area contributed by atoms with E-state index in [1.54, 1.807) is 29.2 Å². The van der Waals surface area contributed by atoms with Crippen molar-refractivity contribution in [2.45, 2.75) is 25.7 Å². The lowest BCUT2D eigenvalue weighted by Gasteiger charge is -2.16. The number of hydrogen-bond donors (Lipinski definition) is 1. The lowest BCUT2D eigenvalue weighted by molar-refractivity contribution is -0.147. The molecule has 0 bridgehead atoms. The molecule has 30 heavy (non-hydrogen) atoms. The predicted molar refractivity (Wildman–Crippen MR) is 108 cm³/mol. The predicted octanol–water partition coefficient (Wildman–Crippen LogP) is 3.10. The summed E-state index contributed by atoms with van der Waals surface area (Å²) in [6.45, 7) is 0.208. The molecular formula is C22H21FN2O5. The van der Waals surface area contributed by atoms with Gasteiger partial charge in [0.25, 0.3) is 5.91 Å². The molecule has 0 aromatic heterocycles. The van der Waals surface area contributed by atoms with Crippen LogP contribution in [0.5, 0.6) is 0 Å². The van der Waals surface area contributed by atoms with Crippen LogP contribution in [0.2, 0.25) is 0 Å². The molecule has 3 rings (SSSR count). The van der Waals surface area contributed by atoms with Gasteiger partial charge in [-0.2, -0.15) is 0 Å². The van der Waals surface area contributed by atoms with Crippen LogP contribution in [0.15, 0.2) is 48.5 Å². The highest BCUT2D eigenvalue weighted by Crippen LogP contribution is 2.23. The summed E-state index contributed by atoms with van der Waals surface area (Å²) in [4.78, 5) is 49.1. The number of carbonyl (C=O) groups excluding carboxylic acids is 4. The Morgan fingerprint density at radius 1 is 1.00 bits per heavy atom. The summed E-state index contributed by atoms with van der Waals surface area (Å²) in [7, 11) is 0. The van der Waals surface area contributed by atoms with Crippen LogP contribution in [0, 0.1) is 5.82 Å². The highest BCUT2D eigenvalue weighted by molar-refractivity contribution is 5.98. The standard InChI is InChI=1S/C22H21FN2O5/c23-16-5-3-15(4-6-16)19(26)11-12-22(29)30-14-20(27)24-17-7-9-18(10-8-17)25-13-1-2-21(25)28/h3-10H,1-2,11-14H2,(H,24,27). The van der Waals surface area contributed by atoms with E-state index in [2.05, 4.69) is 5.32 Å². The molecule has 2 aromatic carbocycles. The Labute approximate surface area is 172 Å². The van der Waals surface area contributed by atoms with Gasteiger partial charge >= 0.3 is 5.97 Å². The highest BCUT2D eigenvalue weighted by atomic mass is 19.1. The first kappa shape index (κ1) is 21.2. The molecule has 0 spiro atoms. The molecule has 7 nitrogen and oxygen atoms in total. The van der Waals surface area contributed by atoms with Crippen molar-refractivity contribution in [1.29, 1.82) is 0 Å². The minimum atomic E-state index is -0.677. The second-order valence-electron chi connectivity index (χ2n) is 6.83. The Morgan fingerprint density at radius 2 is 1.70 bits per heavy atom. The molecule has 2 amide bonds. The second-order valence-corrected chi connectivity index (χ2v) is 6.83. The fraction of sp³-hybridized carbons (Fsp3) is 0.273. The molecule has 0 saturated carbocycles. The van der Waals surface area contributed by atoms with Gasteiger partial charge in [0.2, 0.25) is 5.91 Å². The fourth-order valence-electron chi connectivity index (χ4n) is 3.06. The minimum Gasteiger partial charge on any atom is -0.456 e. The van der Waals surface area contributed by atoms with Gasteiger partial charge in [0, 0.05) is 36.3 Å². The quantitative estimate of drug-likeness (QED) is 0.531. The van der Waals surface area contributed by atoms with E-state index in [0.717, 1.165) is 12.1 Å². The summed E-state index contributed by atoms with van der Waals surface area (Å²) in [5, 5.41) is 2.60. The number of Topliss-reactive ketones (excluding diaryl/α,β-unsaturated/α-hetero) is 1. The first-order valence-electron chi connectivity index (χ1n) is 9.57. The molecule has 156 valence electrons. The maximum absolute atomic E-state index is 12.9. The van der Waals surface area contributed by atoms with Gasteiger partial charge < -0.3 is 15.0 Å². The summed E-state index contributed by atoms with van der Waals surface area (Å²) in [6.07, 6.45) is 1.10. The molecule has 1 saturated heterocycles. The summed E-state index contributed by atoms with van der Waals surface area (Å²) >= 11 is 0. The zero-order chi connectivity index (χ0) is 21.5. The van der Waals surface area contributed by atoms with Gasteiger partial charge in [0.15, 0.2) is 12.4 Å². The molecule has 1 heterocycles. The lowest BCUT2D eigenvalue weighted by atomic mass is 10.1. The summed E-state index contributed by atoms with van der Waals surface area (Å²) in [5.74, 6) is -1.87. The Hall–Kier alpha value is -3.55. The van der Waals surface area contributed by atoms with Gasteiger partial charge in [0.05, 0.1) is 6.42 Å². The average molecular weight is 412 g/mol. The van der Waals surface area contributed by atoms with Gasteiger partial charge in [-0.25, -0.2) is 4.39 Å². The number of nitrogens with zero attached hydrogens (tertiary/aromatic N) is 1. The molecule has 1 fully saturated rings. The molecule has 0 radical (unpaired) electrons. The van der Waals surface area contributed by atoms with Gasteiger partial charge in [-0.1, -0.05) is 0 Å². The van der Waals surface area contributed by atoms with Crippen LogP contribution >= 0.6 is 0 Å². The first-order valence-corrected chi connectivity index (χ1v) is 9.57. The van der Waals surface area contributed by atoms with E-state index in [1.807, 2.05) is 0 Å². The largest absolute Gasteiger partial charge is 0.456 e. The zero-order valence-electron chi connectivity index (χ0n) is 16.2. The number of halogens is 1. The van der Waals surface area contributed by atoms with Crippen LogP contribution in [-0.2, 0) is 19.1 Å². The van der Waals surface area contributed by atoms with Gasteiger partial charge in [-0.05, 0) is 55.0 Å². The van der Waals surface area contributed by atoms with Crippen molar-refractivity contribution in [3.8, 4) is 0 Å². The van der Waals surface area contributed by atoms with E-state index in [9.17, 15) is 23.6 Å². The smallest absolute Gasteiger partial charge is 0.306 e. The van der Waals surface area contributed by atoms with E-state index in [0.29, 0.717) is 24.2 Å². The van der Waals surface area contributed by atoms with Gasteiger partial charge in [-0.3, -0.25) is 19.2 Å². The molecule has 0 atom stereocenters. The molecule has 0 aliphatic carbocycles. The first-order chi connectivity index (χ1) is 14.4. The Kier molecular flexibility index (Phi) is 6.90. The molecule has 1 aliphatic heterocycles. The number of esters is 1. The van der Waals surface area contributed by atoms with Crippen molar-refractivity contribution in [2.24, 2.45) is 0 Å². The summed E-state index contributed by atoms with van der Waals surface area (Å²) in [5.41, 5.74) is 1.59. The normalized spacial score (nSPS) is 13.2. The van der Waals surface area contributed by atoms with Crippen molar-refractivity contribution >= 4 is 34.9 Å². The number of hydrogen-bond acceptors (Lipinski definition) is 5. The molecule has 1 aliphatic rings. The van der Waals surface area contributed by atoms with E-state index in [1.165, 1.54) is 24.3 Å². The Balaban J connectivity index is 1.39. The number of amides is 2. The number of ketones is 1. The number of ether oxygens (including phenoxy) is 1. The van der Waals surface area contributed by atoms with Crippen LogP contribution < -0.4 is 10.2 Å². The van der Waals surface area contributed by atoms with Crippen LogP contribution in [-0.4, -0.2) is 36.7 Å². The summed E-state index contributed by atoms with van der Waals surface area (Å²) < 4.78 is 17.7. The third-order valence-corrected chi connectivity index (χ3v) is 4.62. The minimum absolute atomic E-state index is 0.0802. The molecule has 2 aromatic rings. The maximum Gasteiger partial charge on any atom is 0.306 e. The van der Waals surface area contributed by atoms with Crippen LogP contribution in [0.4, 0.5) is 15.8 Å². The van der Waals surface area contributed by atoms with Crippen molar-refractivity contribution in [1.82, 2.24) is 0 Å². The van der Waals surface area contributed by atoms with E-state index >= 15 is 0 Å². The van der Waals surface area contributed by atoms with Crippen molar-refractivity contribution in [3.05, 3.63) is 59.9 Å². The second kappa shape index (κ2) is 9.78. The Bertz CT molecular complexity index is 941. The van der Waals surface area contributed by atoms with Crippen molar-refractivity contribution in [2.75, 3.05) is 23.4 Å². The summed E-state index contributed by atoms with van der Waals surface area (Å²) in [6, 6.07) is 11.9. The average Bonchev–Trinajstić information content (AvgIpc) is 3.17. The van der Waals surface area contributed by atoms with Gasteiger partial charge in [-0.15, -0.1) is 0 Å². The van der Waals surface area contributed by atoms with Crippen LogP contribution in [0.1, 0.15) is 36.0 Å². The highest BCUT2D eigenvalue weighted by Gasteiger charge is 2.21. The molecule has 8 heteroatoms. The molecular weight excluding hydrogens is 391 g/mol. The number of carbonyl (C=O) groups is 4. The number of nitrogens with one attached hydrogen (secondary N) is 1. The Morgan fingerprint density at radius 3 is 2.33 bits per heavy atom. The van der Waals surface area contributed by atoms with Crippen LogP contribution in [0.25, 0.3) is 0 Å². The third-order valence-electron chi connectivity index (χ3n) is 4.62. The third kappa shape index (κ3) is 5.73. The van der Waals surface area contributed by atoms with E-state index in [-0.39, 0.29) is 24.5 Å². The zero-order valence-corrected chi connectivity index (χ0v) is 16.2. The number of anilines is 2. The van der Waals surface area contributed by atoms with E-state index < -0.39 is 24.3 Å². The van der Waals surface area contributed by atoms with Crippen molar-refractivity contribution in [3.63, 3.8) is 0 Å². The van der Waals surface area contributed by atoms with Crippen molar-refractivity contribution < 1.29 is 28.3 Å².